The van der Waals surface area contributed by atoms with Gasteiger partial charge in [0.25, 0.3) is 5.91 Å². The Labute approximate surface area is 100 Å². The number of nitrogens with zero attached hydrogens (tertiary/aromatic N) is 2. The van der Waals surface area contributed by atoms with Gasteiger partial charge >= 0.3 is 0 Å². The van der Waals surface area contributed by atoms with Crippen LogP contribution in [-0.4, -0.2) is 40.3 Å². The second kappa shape index (κ2) is 4.87. The first-order valence-corrected chi connectivity index (χ1v) is 5.98. The van der Waals surface area contributed by atoms with Crippen molar-refractivity contribution in [1.29, 1.82) is 0 Å². The summed E-state index contributed by atoms with van der Waals surface area (Å²) in [5.41, 5.74) is 0.686. The van der Waals surface area contributed by atoms with Crippen LogP contribution < -0.4 is 0 Å². The number of carbonyl (C=O) groups is 1. The van der Waals surface area contributed by atoms with Crippen LogP contribution in [-0.2, 0) is 0 Å². The third-order valence-electron chi connectivity index (χ3n) is 3.35. The molecule has 1 aromatic heterocycles. The molecule has 1 N–H and O–H groups in total. The highest BCUT2D eigenvalue weighted by molar-refractivity contribution is 5.91. The van der Waals surface area contributed by atoms with Crippen molar-refractivity contribution in [2.45, 2.75) is 44.8 Å². The summed E-state index contributed by atoms with van der Waals surface area (Å²) in [6.07, 6.45) is 3.26. The van der Waals surface area contributed by atoms with Crippen molar-refractivity contribution >= 4 is 5.91 Å². The van der Waals surface area contributed by atoms with E-state index in [0.717, 1.165) is 25.7 Å². The van der Waals surface area contributed by atoms with Gasteiger partial charge < -0.3 is 14.5 Å². The molecule has 0 saturated heterocycles. The molecule has 1 heterocycles. The lowest BCUT2D eigenvalue weighted by Crippen LogP contribution is -2.46. The molecule has 5 heteroatoms. The Kier molecular flexibility index (Phi) is 3.47. The number of aryl methyl sites for hydroxylation is 1. The smallest absolute Gasteiger partial charge is 0.292 e. The van der Waals surface area contributed by atoms with Crippen molar-refractivity contribution in [3.63, 3.8) is 0 Å². The Hall–Kier alpha value is -1.36. The molecular formula is C12H18N2O3. The van der Waals surface area contributed by atoms with Crippen molar-refractivity contribution < 1.29 is 14.4 Å². The highest BCUT2D eigenvalue weighted by atomic mass is 16.5. The monoisotopic (exact) mass is 238 g/mol. The average molecular weight is 238 g/mol. The van der Waals surface area contributed by atoms with Gasteiger partial charge in [-0.3, -0.25) is 4.79 Å². The molecule has 2 atom stereocenters. The van der Waals surface area contributed by atoms with Gasteiger partial charge in [-0.25, -0.2) is 0 Å². The third-order valence-corrected chi connectivity index (χ3v) is 3.35. The summed E-state index contributed by atoms with van der Waals surface area (Å²) in [5.74, 6) is 0.0272. The second-order valence-electron chi connectivity index (χ2n) is 4.67. The van der Waals surface area contributed by atoms with Crippen LogP contribution in [0, 0.1) is 6.92 Å². The minimum Gasteiger partial charge on any atom is -0.391 e. The van der Waals surface area contributed by atoms with Crippen molar-refractivity contribution in [3.05, 3.63) is 17.5 Å². The summed E-state index contributed by atoms with van der Waals surface area (Å²) in [7, 11) is 1.71. The molecule has 94 valence electrons. The van der Waals surface area contributed by atoms with Gasteiger partial charge in [0.2, 0.25) is 5.76 Å². The zero-order valence-corrected chi connectivity index (χ0v) is 10.2. The predicted molar refractivity (Wildman–Crippen MR) is 61.6 cm³/mol. The van der Waals surface area contributed by atoms with Crippen molar-refractivity contribution in [2.75, 3.05) is 7.05 Å². The number of hydrogen-bond acceptors (Lipinski definition) is 4. The fraction of sp³-hybridized carbons (Fsp3) is 0.667. The first-order valence-electron chi connectivity index (χ1n) is 5.98. The highest BCUT2D eigenvalue weighted by Gasteiger charge is 2.31. The molecule has 1 saturated carbocycles. The van der Waals surface area contributed by atoms with E-state index in [-0.39, 0.29) is 17.7 Å². The quantitative estimate of drug-likeness (QED) is 0.844. The molecular weight excluding hydrogens is 220 g/mol. The summed E-state index contributed by atoms with van der Waals surface area (Å²) >= 11 is 0. The number of rotatable bonds is 2. The lowest BCUT2D eigenvalue weighted by molar-refractivity contribution is 0.0244. The largest absolute Gasteiger partial charge is 0.391 e. The minimum absolute atomic E-state index is 0.110. The Bertz CT molecular complexity index is 402. The zero-order valence-electron chi connectivity index (χ0n) is 10.2. The Morgan fingerprint density at radius 1 is 1.53 bits per heavy atom. The van der Waals surface area contributed by atoms with Crippen LogP contribution in [0.1, 0.15) is 41.9 Å². The summed E-state index contributed by atoms with van der Waals surface area (Å²) in [6, 6.07) is 1.51. The molecule has 0 aliphatic heterocycles. The summed E-state index contributed by atoms with van der Waals surface area (Å²) < 4.78 is 4.95. The molecule has 0 radical (unpaired) electrons. The summed E-state index contributed by atoms with van der Waals surface area (Å²) in [5, 5.41) is 13.6. The van der Waals surface area contributed by atoms with Crippen LogP contribution >= 0.6 is 0 Å². The third kappa shape index (κ3) is 2.49. The van der Waals surface area contributed by atoms with Crippen LogP contribution in [0.3, 0.4) is 0 Å². The number of amides is 1. The van der Waals surface area contributed by atoms with Crippen molar-refractivity contribution in [3.8, 4) is 0 Å². The molecule has 1 aliphatic carbocycles. The fourth-order valence-electron chi connectivity index (χ4n) is 2.33. The van der Waals surface area contributed by atoms with Gasteiger partial charge in [-0.15, -0.1) is 0 Å². The number of aliphatic hydroxyl groups is 1. The maximum atomic E-state index is 12.1. The normalized spacial score (nSPS) is 24.6. The zero-order chi connectivity index (χ0) is 12.4. The van der Waals surface area contributed by atoms with Crippen LogP contribution in [0.25, 0.3) is 0 Å². The van der Waals surface area contributed by atoms with Crippen LogP contribution in [0.4, 0.5) is 0 Å². The van der Waals surface area contributed by atoms with Gasteiger partial charge in [0, 0.05) is 13.1 Å². The van der Waals surface area contributed by atoms with E-state index in [4.69, 9.17) is 4.52 Å². The van der Waals surface area contributed by atoms with E-state index >= 15 is 0 Å². The van der Waals surface area contributed by atoms with E-state index in [0.29, 0.717) is 5.69 Å². The Balaban J connectivity index is 2.08. The standard InChI is InChI=1S/C12H18N2O3/c1-8-7-11(17-13-8)12(16)14(2)9-5-3-4-6-10(9)15/h7,9-10,15H,3-6H2,1-2H3. The Morgan fingerprint density at radius 2 is 2.24 bits per heavy atom. The van der Waals surface area contributed by atoms with E-state index in [9.17, 15) is 9.90 Å². The Morgan fingerprint density at radius 3 is 2.82 bits per heavy atom. The number of aliphatic hydroxyl groups excluding tert-OH is 1. The van der Waals surface area contributed by atoms with Crippen molar-refractivity contribution in [1.82, 2.24) is 10.1 Å². The molecule has 0 spiro atoms. The topological polar surface area (TPSA) is 66.6 Å². The van der Waals surface area contributed by atoms with Crippen LogP contribution in [0.15, 0.2) is 10.6 Å². The fourth-order valence-corrected chi connectivity index (χ4v) is 2.33. The molecule has 1 fully saturated rings. The van der Waals surface area contributed by atoms with Gasteiger partial charge in [0.1, 0.15) is 0 Å². The first kappa shape index (κ1) is 12.1. The molecule has 0 aromatic carbocycles. The highest BCUT2D eigenvalue weighted by Crippen LogP contribution is 2.23. The number of aromatic nitrogens is 1. The van der Waals surface area contributed by atoms with E-state index in [1.807, 2.05) is 0 Å². The SMILES string of the molecule is Cc1cc(C(=O)N(C)C2CCCCC2O)on1. The lowest BCUT2D eigenvalue weighted by Gasteiger charge is -2.34. The van der Waals surface area contributed by atoms with Gasteiger partial charge in [-0.2, -0.15) is 0 Å². The second-order valence-corrected chi connectivity index (χ2v) is 4.67. The maximum Gasteiger partial charge on any atom is 0.292 e. The van der Waals surface area contributed by atoms with E-state index in [1.165, 1.54) is 0 Å². The van der Waals surface area contributed by atoms with Crippen LogP contribution in [0.5, 0.6) is 0 Å². The summed E-state index contributed by atoms with van der Waals surface area (Å²) in [6.45, 7) is 1.77. The minimum atomic E-state index is -0.429. The van der Waals surface area contributed by atoms with E-state index in [2.05, 4.69) is 5.16 Å². The maximum absolute atomic E-state index is 12.1. The van der Waals surface area contributed by atoms with Crippen molar-refractivity contribution in [2.24, 2.45) is 0 Å². The molecule has 1 amide bonds. The number of likely N-dealkylation sites (N-methyl/N-ethyl adjacent to an activating group) is 1. The molecule has 5 nitrogen and oxygen atoms in total. The number of hydrogen-bond donors (Lipinski definition) is 1. The first-order chi connectivity index (χ1) is 8.09. The molecule has 1 aliphatic rings. The van der Waals surface area contributed by atoms with Gasteiger partial charge in [-0.1, -0.05) is 18.0 Å². The van der Waals surface area contributed by atoms with Gasteiger partial charge in [0.15, 0.2) is 0 Å². The molecule has 17 heavy (non-hydrogen) atoms. The van der Waals surface area contributed by atoms with E-state index < -0.39 is 6.10 Å². The van der Waals surface area contributed by atoms with Gasteiger partial charge in [-0.05, 0) is 19.8 Å². The number of carbonyl (C=O) groups excluding carboxylic acids is 1. The van der Waals surface area contributed by atoms with Gasteiger partial charge in [0.05, 0.1) is 17.8 Å². The summed E-state index contributed by atoms with van der Waals surface area (Å²) in [4.78, 5) is 13.7. The molecule has 2 unspecified atom stereocenters. The average Bonchev–Trinajstić information content (AvgIpc) is 2.75. The molecule has 1 aromatic rings. The predicted octanol–water partition coefficient (Wildman–Crippen LogP) is 1.36. The molecule has 0 bridgehead atoms. The van der Waals surface area contributed by atoms with Crippen LogP contribution in [0.2, 0.25) is 0 Å². The lowest BCUT2D eigenvalue weighted by atomic mass is 9.91. The molecule has 2 rings (SSSR count). The van der Waals surface area contributed by atoms with E-state index in [1.54, 1.807) is 24.9 Å².